The van der Waals surface area contributed by atoms with E-state index in [0.29, 0.717) is 12.5 Å². The van der Waals surface area contributed by atoms with E-state index in [-0.39, 0.29) is 5.91 Å². The maximum absolute atomic E-state index is 11.8. The van der Waals surface area contributed by atoms with Gasteiger partial charge in [0.15, 0.2) is 0 Å². The molecule has 4 nitrogen and oxygen atoms in total. The van der Waals surface area contributed by atoms with Gasteiger partial charge in [0.1, 0.15) is 6.04 Å². The molecule has 1 N–H and O–H groups in total. The van der Waals surface area contributed by atoms with Crippen LogP contribution in [0.4, 0.5) is 0 Å². The van der Waals surface area contributed by atoms with E-state index in [9.17, 15) is 9.59 Å². The molecule has 0 aliphatic rings. The van der Waals surface area contributed by atoms with Crippen LogP contribution in [0.2, 0.25) is 0 Å². The number of rotatable bonds is 7. The Bertz CT molecular complexity index is 518. The highest BCUT2D eigenvalue weighted by atomic mass is 16.5. The van der Waals surface area contributed by atoms with Crippen LogP contribution in [-0.2, 0) is 14.3 Å². The summed E-state index contributed by atoms with van der Waals surface area (Å²) in [4.78, 5) is 23.3. The fraction of sp³-hybridized carbons (Fsp3) is 0.444. The summed E-state index contributed by atoms with van der Waals surface area (Å²) in [6.45, 7) is 8.18. The molecule has 0 radical (unpaired) electrons. The molecule has 0 saturated heterocycles. The molecule has 1 amide bonds. The van der Waals surface area contributed by atoms with Gasteiger partial charge < -0.3 is 10.1 Å². The lowest BCUT2D eigenvalue weighted by Crippen LogP contribution is -2.38. The van der Waals surface area contributed by atoms with Crippen molar-refractivity contribution >= 4 is 18.0 Å². The summed E-state index contributed by atoms with van der Waals surface area (Å²) < 4.78 is 4.97. The van der Waals surface area contributed by atoms with Gasteiger partial charge in [0.05, 0.1) is 6.61 Å². The van der Waals surface area contributed by atoms with Crippen molar-refractivity contribution in [3.05, 3.63) is 41.5 Å². The van der Waals surface area contributed by atoms with Crippen molar-refractivity contribution in [3.63, 3.8) is 0 Å². The van der Waals surface area contributed by atoms with Gasteiger partial charge in [-0.15, -0.1) is 0 Å². The van der Waals surface area contributed by atoms with Gasteiger partial charge in [0.25, 0.3) is 0 Å². The molecule has 0 saturated carbocycles. The van der Waals surface area contributed by atoms with E-state index in [1.807, 2.05) is 31.2 Å². The van der Waals surface area contributed by atoms with E-state index >= 15 is 0 Å². The second-order valence-electron chi connectivity index (χ2n) is 5.55. The lowest BCUT2D eigenvalue weighted by atomic mass is 10.0. The summed E-state index contributed by atoms with van der Waals surface area (Å²) >= 11 is 0. The third-order valence-corrected chi connectivity index (χ3v) is 3.19. The number of ether oxygens (including phenoxy) is 1. The molecule has 0 bridgehead atoms. The van der Waals surface area contributed by atoms with Gasteiger partial charge in [-0.05, 0) is 36.5 Å². The van der Waals surface area contributed by atoms with Crippen LogP contribution in [0.25, 0.3) is 6.08 Å². The normalized spacial score (nSPS) is 12.4. The Morgan fingerprint density at radius 2 is 1.82 bits per heavy atom. The smallest absolute Gasteiger partial charge is 0.328 e. The quantitative estimate of drug-likeness (QED) is 0.621. The van der Waals surface area contributed by atoms with E-state index in [4.69, 9.17) is 4.74 Å². The Morgan fingerprint density at radius 3 is 2.36 bits per heavy atom. The molecule has 0 aliphatic carbocycles. The standard InChI is InChI=1S/C18H25NO3/c1-5-12-22-18(21)14(4)19-17(20)11-8-15-6-9-16(10-7-15)13(2)3/h6-11,13-14H,5,12H2,1-4H3,(H,19,20)/b11-8+/t14-/m0/s1. The summed E-state index contributed by atoms with van der Waals surface area (Å²) in [5.41, 5.74) is 2.20. The topological polar surface area (TPSA) is 55.4 Å². The first-order valence-electron chi connectivity index (χ1n) is 7.69. The fourth-order valence-corrected chi connectivity index (χ4v) is 1.81. The maximum atomic E-state index is 11.8. The maximum Gasteiger partial charge on any atom is 0.328 e. The minimum absolute atomic E-state index is 0.311. The lowest BCUT2D eigenvalue weighted by molar-refractivity contribution is -0.146. The zero-order valence-corrected chi connectivity index (χ0v) is 13.8. The van der Waals surface area contributed by atoms with Crippen LogP contribution in [0.15, 0.2) is 30.3 Å². The van der Waals surface area contributed by atoms with Gasteiger partial charge in [-0.3, -0.25) is 4.79 Å². The van der Waals surface area contributed by atoms with Crippen LogP contribution in [0, 0.1) is 0 Å². The van der Waals surface area contributed by atoms with Crippen LogP contribution in [0.1, 0.15) is 51.2 Å². The average Bonchev–Trinajstić information content (AvgIpc) is 2.50. The molecule has 4 heteroatoms. The third-order valence-electron chi connectivity index (χ3n) is 3.19. The van der Waals surface area contributed by atoms with Crippen molar-refractivity contribution < 1.29 is 14.3 Å². The zero-order chi connectivity index (χ0) is 16.5. The number of nitrogens with one attached hydrogen (secondary N) is 1. The van der Waals surface area contributed by atoms with Gasteiger partial charge in [-0.1, -0.05) is 45.0 Å². The van der Waals surface area contributed by atoms with Crippen molar-refractivity contribution in [1.29, 1.82) is 0 Å². The van der Waals surface area contributed by atoms with Crippen LogP contribution >= 0.6 is 0 Å². The van der Waals surface area contributed by atoms with Crippen molar-refractivity contribution in [3.8, 4) is 0 Å². The predicted molar refractivity (Wildman–Crippen MR) is 88.4 cm³/mol. The molecule has 1 rings (SSSR count). The molecular weight excluding hydrogens is 278 g/mol. The second kappa shape index (κ2) is 9.03. The summed E-state index contributed by atoms with van der Waals surface area (Å²) in [6, 6.07) is 7.39. The van der Waals surface area contributed by atoms with Gasteiger partial charge in [-0.25, -0.2) is 4.79 Å². The number of amides is 1. The molecule has 1 atom stereocenters. The molecule has 0 heterocycles. The Balaban J connectivity index is 2.51. The van der Waals surface area contributed by atoms with Gasteiger partial charge in [0.2, 0.25) is 5.91 Å². The molecule has 1 aromatic carbocycles. The van der Waals surface area contributed by atoms with Crippen LogP contribution < -0.4 is 5.32 Å². The van der Waals surface area contributed by atoms with E-state index < -0.39 is 12.0 Å². The highest BCUT2D eigenvalue weighted by Crippen LogP contribution is 2.15. The lowest BCUT2D eigenvalue weighted by Gasteiger charge is -2.11. The van der Waals surface area contributed by atoms with E-state index in [1.165, 1.54) is 11.6 Å². The van der Waals surface area contributed by atoms with Gasteiger partial charge in [0, 0.05) is 6.08 Å². The molecule has 0 aromatic heterocycles. The molecule has 1 aromatic rings. The summed E-state index contributed by atoms with van der Waals surface area (Å²) in [6.07, 6.45) is 3.91. The Morgan fingerprint density at radius 1 is 1.18 bits per heavy atom. The molecule has 0 spiro atoms. The first kappa shape index (κ1) is 18.0. The van der Waals surface area contributed by atoms with Gasteiger partial charge in [-0.2, -0.15) is 0 Å². The summed E-state index contributed by atoms with van der Waals surface area (Å²) in [5, 5.41) is 2.59. The summed E-state index contributed by atoms with van der Waals surface area (Å²) in [5.74, 6) is -0.241. The Kier molecular flexibility index (Phi) is 7.37. The summed E-state index contributed by atoms with van der Waals surface area (Å²) in [7, 11) is 0. The number of esters is 1. The van der Waals surface area contributed by atoms with E-state index in [1.54, 1.807) is 13.0 Å². The number of benzene rings is 1. The first-order valence-corrected chi connectivity index (χ1v) is 7.69. The molecule has 0 fully saturated rings. The first-order chi connectivity index (χ1) is 10.4. The van der Waals surface area contributed by atoms with Crippen LogP contribution in [0.3, 0.4) is 0 Å². The third kappa shape index (κ3) is 6.12. The molecular formula is C18H25NO3. The number of carbonyl (C=O) groups excluding carboxylic acids is 2. The highest BCUT2D eigenvalue weighted by Gasteiger charge is 2.15. The Hall–Kier alpha value is -2.10. The fourth-order valence-electron chi connectivity index (χ4n) is 1.81. The second-order valence-corrected chi connectivity index (χ2v) is 5.55. The predicted octanol–water partition coefficient (Wildman–Crippen LogP) is 3.28. The van der Waals surface area contributed by atoms with Crippen molar-refractivity contribution in [1.82, 2.24) is 5.32 Å². The Labute approximate surface area is 132 Å². The molecule has 22 heavy (non-hydrogen) atoms. The molecule has 0 aliphatic heterocycles. The monoisotopic (exact) mass is 303 g/mol. The minimum Gasteiger partial charge on any atom is -0.464 e. The van der Waals surface area contributed by atoms with Crippen LogP contribution in [-0.4, -0.2) is 24.5 Å². The zero-order valence-electron chi connectivity index (χ0n) is 13.8. The average molecular weight is 303 g/mol. The number of hydrogen-bond donors (Lipinski definition) is 1. The van der Waals surface area contributed by atoms with Crippen LogP contribution in [0.5, 0.6) is 0 Å². The van der Waals surface area contributed by atoms with Crippen molar-refractivity contribution in [2.45, 2.75) is 46.1 Å². The largest absolute Gasteiger partial charge is 0.464 e. The molecule has 0 unspecified atom stereocenters. The van der Waals surface area contributed by atoms with Gasteiger partial charge >= 0.3 is 5.97 Å². The molecule has 120 valence electrons. The number of hydrogen-bond acceptors (Lipinski definition) is 3. The van der Waals surface area contributed by atoms with Crippen molar-refractivity contribution in [2.75, 3.05) is 6.61 Å². The van der Waals surface area contributed by atoms with Crippen molar-refractivity contribution in [2.24, 2.45) is 0 Å². The number of carbonyl (C=O) groups is 2. The van der Waals surface area contributed by atoms with E-state index in [2.05, 4.69) is 19.2 Å². The SMILES string of the molecule is CCCOC(=O)[C@H](C)NC(=O)/C=C/c1ccc(C(C)C)cc1. The minimum atomic E-state index is -0.646. The van der Waals surface area contributed by atoms with E-state index in [0.717, 1.165) is 12.0 Å². The highest BCUT2D eigenvalue weighted by molar-refractivity contribution is 5.94.